The first-order chi connectivity index (χ1) is 8.63. The van der Waals surface area contributed by atoms with E-state index in [1.807, 2.05) is 11.8 Å². The van der Waals surface area contributed by atoms with E-state index < -0.39 is 4.92 Å². The number of hydrogen-bond donors (Lipinski definition) is 2. The SMILES string of the molecule is CCN(CCCO)c1ccc([N+](=O)[O-])cc1CO. The Morgan fingerprint density at radius 1 is 1.39 bits per heavy atom. The zero-order valence-electron chi connectivity index (χ0n) is 10.4. The number of aliphatic hydroxyl groups excluding tert-OH is 2. The Morgan fingerprint density at radius 2 is 2.11 bits per heavy atom. The second-order valence-corrected chi connectivity index (χ2v) is 3.89. The van der Waals surface area contributed by atoms with Crippen LogP contribution in [0, 0.1) is 10.1 Å². The fourth-order valence-electron chi connectivity index (χ4n) is 1.83. The molecule has 100 valence electrons. The highest BCUT2D eigenvalue weighted by Gasteiger charge is 2.14. The zero-order valence-corrected chi connectivity index (χ0v) is 10.4. The Kier molecular flexibility index (Phi) is 5.54. The minimum atomic E-state index is -0.479. The van der Waals surface area contributed by atoms with Crippen LogP contribution in [0.25, 0.3) is 0 Å². The van der Waals surface area contributed by atoms with Gasteiger partial charge in [-0.15, -0.1) is 0 Å². The van der Waals surface area contributed by atoms with Gasteiger partial charge in [-0.25, -0.2) is 0 Å². The van der Waals surface area contributed by atoms with Gasteiger partial charge in [0.1, 0.15) is 0 Å². The molecule has 0 aliphatic carbocycles. The number of anilines is 1. The van der Waals surface area contributed by atoms with Crippen LogP contribution in [0.1, 0.15) is 18.9 Å². The minimum Gasteiger partial charge on any atom is -0.396 e. The lowest BCUT2D eigenvalue weighted by Crippen LogP contribution is -2.25. The third-order valence-corrected chi connectivity index (χ3v) is 2.75. The van der Waals surface area contributed by atoms with Crippen molar-refractivity contribution in [1.82, 2.24) is 0 Å². The normalized spacial score (nSPS) is 10.4. The quantitative estimate of drug-likeness (QED) is 0.565. The summed E-state index contributed by atoms with van der Waals surface area (Å²) in [4.78, 5) is 12.2. The predicted octanol–water partition coefficient (Wildman–Crippen LogP) is 1.30. The molecule has 18 heavy (non-hydrogen) atoms. The first-order valence-electron chi connectivity index (χ1n) is 5.88. The number of hydrogen-bond acceptors (Lipinski definition) is 5. The van der Waals surface area contributed by atoms with Gasteiger partial charge in [0, 0.05) is 43.1 Å². The molecule has 6 nitrogen and oxygen atoms in total. The number of nitro groups is 1. The van der Waals surface area contributed by atoms with E-state index in [4.69, 9.17) is 5.11 Å². The summed E-state index contributed by atoms with van der Waals surface area (Å²) >= 11 is 0. The summed E-state index contributed by atoms with van der Waals surface area (Å²) in [5, 5.41) is 28.8. The first kappa shape index (κ1) is 14.4. The molecule has 1 rings (SSSR count). The number of benzene rings is 1. The topological polar surface area (TPSA) is 86.8 Å². The van der Waals surface area contributed by atoms with Crippen LogP contribution in [0.15, 0.2) is 18.2 Å². The van der Waals surface area contributed by atoms with E-state index in [2.05, 4.69) is 0 Å². The summed E-state index contributed by atoms with van der Waals surface area (Å²) in [7, 11) is 0. The molecule has 0 saturated heterocycles. The third kappa shape index (κ3) is 3.41. The molecule has 0 aliphatic rings. The smallest absolute Gasteiger partial charge is 0.269 e. The van der Waals surface area contributed by atoms with Crippen molar-refractivity contribution in [1.29, 1.82) is 0 Å². The fraction of sp³-hybridized carbons (Fsp3) is 0.500. The number of rotatable bonds is 7. The summed E-state index contributed by atoms with van der Waals surface area (Å²) in [6.07, 6.45) is 0.621. The molecule has 0 spiro atoms. The lowest BCUT2D eigenvalue weighted by molar-refractivity contribution is -0.384. The molecule has 0 amide bonds. The van der Waals surface area contributed by atoms with E-state index in [0.29, 0.717) is 25.1 Å². The van der Waals surface area contributed by atoms with Crippen molar-refractivity contribution in [3.8, 4) is 0 Å². The van der Waals surface area contributed by atoms with E-state index in [1.54, 1.807) is 6.07 Å². The molecule has 2 N–H and O–H groups in total. The highest BCUT2D eigenvalue weighted by molar-refractivity contribution is 5.57. The molecule has 0 fully saturated rings. The monoisotopic (exact) mass is 254 g/mol. The van der Waals surface area contributed by atoms with Crippen molar-refractivity contribution in [2.45, 2.75) is 20.0 Å². The molecule has 0 atom stereocenters. The fourth-order valence-corrected chi connectivity index (χ4v) is 1.83. The molecule has 0 aliphatic heterocycles. The van der Waals surface area contributed by atoms with Crippen LogP contribution in [0.4, 0.5) is 11.4 Å². The van der Waals surface area contributed by atoms with E-state index in [-0.39, 0.29) is 18.9 Å². The first-order valence-corrected chi connectivity index (χ1v) is 5.88. The van der Waals surface area contributed by atoms with Gasteiger partial charge in [0.05, 0.1) is 11.5 Å². The summed E-state index contributed by atoms with van der Waals surface area (Å²) < 4.78 is 0. The van der Waals surface area contributed by atoms with Crippen molar-refractivity contribution in [2.75, 3.05) is 24.6 Å². The predicted molar refractivity (Wildman–Crippen MR) is 68.6 cm³/mol. The molecule has 0 radical (unpaired) electrons. The maximum Gasteiger partial charge on any atom is 0.269 e. The average molecular weight is 254 g/mol. The van der Waals surface area contributed by atoms with Gasteiger partial charge in [-0.1, -0.05) is 0 Å². The Labute approximate surface area is 106 Å². The van der Waals surface area contributed by atoms with Gasteiger partial charge in [-0.3, -0.25) is 10.1 Å². The lowest BCUT2D eigenvalue weighted by atomic mass is 10.1. The van der Waals surface area contributed by atoms with Crippen molar-refractivity contribution in [3.63, 3.8) is 0 Å². The maximum atomic E-state index is 10.7. The second kappa shape index (κ2) is 6.93. The van der Waals surface area contributed by atoms with E-state index >= 15 is 0 Å². The van der Waals surface area contributed by atoms with Gasteiger partial charge in [0.25, 0.3) is 5.69 Å². The Morgan fingerprint density at radius 3 is 2.61 bits per heavy atom. The molecular weight excluding hydrogens is 236 g/mol. The number of non-ortho nitro benzene ring substituents is 1. The molecule has 0 saturated carbocycles. The zero-order chi connectivity index (χ0) is 13.5. The van der Waals surface area contributed by atoms with Crippen molar-refractivity contribution in [3.05, 3.63) is 33.9 Å². The third-order valence-electron chi connectivity index (χ3n) is 2.75. The van der Waals surface area contributed by atoms with E-state index in [9.17, 15) is 15.2 Å². The molecule has 0 bridgehead atoms. The summed E-state index contributed by atoms with van der Waals surface area (Å²) in [5.41, 5.74) is 1.28. The molecule has 0 unspecified atom stereocenters. The number of nitrogens with zero attached hydrogens (tertiary/aromatic N) is 2. The second-order valence-electron chi connectivity index (χ2n) is 3.89. The lowest BCUT2D eigenvalue weighted by Gasteiger charge is -2.24. The van der Waals surface area contributed by atoms with Gasteiger partial charge < -0.3 is 15.1 Å². The Balaban J connectivity index is 3.02. The van der Waals surface area contributed by atoms with Crippen molar-refractivity contribution < 1.29 is 15.1 Å². The molecule has 1 aromatic carbocycles. The minimum absolute atomic E-state index is 0.0268. The molecule has 6 heteroatoms. The molecule has 1 aromatic rings. The van der Waals surface area contributed by atoms with Crippen molar-refractivity contribution in [2.24, 2.45) is 0 Å². The molecular formula is C12H18N2O4. The van der Waals surface area contributed by atoms with Crippen LogP contribution >= 0.6 is 0 Å². The number of aliphatic hydroxyl groups is 2. The van der Waals surface area contributed by atoms with Crippen LogP contribution in [0.2, 0.25) is 0 Å². The van der Waals surface area contributed by atoms with Gasteiger partial charge in [-0.2, -0.15) is 0 Å². The van der Waals surface area contributed by atoms with Gasteiger partial charge >= 0.3 is 0 Å². The summed E-state index contributed by atoms with van der Waals surface area (Å²) in [5.74, 6) is 0. The van der Waals surface area contributed by atoms with E-state index in [1.165, 1.54) is 12.1 Å². The highest BCUT2D eigenvalue weighted by Crippen LogP contribution is 2.25. The van der Waals surface area contributed by atoms with Gasteiger partial charge in [-0.05, 0) is 19.4 Å². The molecule has 0 heterocycles. The standard InChI is InChI=1S/C12H18N2O4/c1-2-13(6-3-7-15)12-5-4-11(14(17)18)8-10(12)9-16/h4-5,8,15-16H,2-3,6-7,9H2,1H3. The largest absolute Gasteiger partial charge is 0.396 e. The molecule has 0 aromatic heterocycles. The van der Waals surface area contributed by atoms with Crippen LogP contribution in [0.3, 0.4) is 0 Å². The average Bonchev–Trinajstić information content (AvgIpc) is 2.39. The Bertz CT molecular complexity index is 409. The maximum absolute atomic E-state index is 10.7. The van der Waals surface area contributed by atoms with Crippen LogP contribution in [-0.4, -0.2) is 34.8 Å². The highest BCUT2D eigenvalue weighted by atomic mass is 16.6. The summed E-state index contributed by atoms with van der Waals surface area (Å²) in [6.45, 7) is 3.17. The van der Waals surface area contributed by atoms with E-state index in [0.717, 1.165) is 5.69 Å². The Hall–Kier alpha value is -1.66. The van der Waals surface area contributed by atoms with Crippen LogP contribution < -0.4 is 4.90 Å². The number of nitro benzene ring substituents is 1. The summed E-state index contributed by atoms with van der Waals surface area (Å²) in [6, 6.07) is 4.46. The van der Waals surface area contributed by atoms with Crippen LogP contribution in [0.5, 0.6) is 0 Å². The van der Waals surface area contributed by atoms with Crippen molar-refractivity contribution >= 4 is 11.4 Å². The van der Waals surface area contributed by atoms with Gasteiger partial charge in [0.2, 0.25) is 0 Å². The van der Waals surface area contributed by atoms with Gasteiger partial charge in [0.15, 0.2) is 0 Å². The van der Waals surface area contributed by atoms with Crippen LogP contribution in [-0.2, 0) is 6.61 Å².